The minimum Gasteiger partial charge on any atom is -0.495 e. The Hall–Kier alpha value is -1.46. The number of Topliss-reactive ketones (excluding diaryl/α,β-unsaturated/α-hetero) is 1. The van der Waals surface area contributed by atoms with Crippen molar-refractivity contribution in [2.75, 3.05) is 33.4 Å². The van der Waals surface area contributed by atoms with Crippen molar-refractivity contribution in [1.29, 1.82) is 0 Å². The predicted octanol–water partition coefficient (Wildman–Crippen LogP) is 1.38. The molecule has 2 rings (SSSR count). The molecule has 0 N–H and O–H groups in total. The summed E-state index contributed by atoms with van der Waals surface area (Å²) in [5.41, 5.74) is 0.544. The number of morpholine rings is 1. The molecular weight excluding hydrogens is 244 g/mol. The number of methoxy groups -OCH3 is 1. The molecule has 5 nitrogen and oxygen atoms in total. The first kappa shape index (κ1) is 14.0. The maximum Gasteiger partial charge on any atom is 0.194 e. The van der Waals surface area contributed by atoms with E-state index < -0.39 is 6.10 Å². The molecule has 1 aromatic heterocycles. The lowest BCUT2D eigenvalue weighted by atomic mass is 10.1. The van der Waals surface area contributed by atoms with Crippen LogP contribution in [0.1, 0.15) is 23.7 Å². The van der Waals surface area contributed by atoms with Crippen LogP contribution in [0.2, 0.25) is 0 Å². The van der Waals surface area contributed by atoms with Gasteiger partial charge in [-0.3, -0.25) is 14.7 Å². The average molecular weight is 264 g/mol. The number of hydrogen-bond donors (Lipinski definition) is 0. The van der Waals surface area contributed by atoms with Gasteiger partial charge in [-0.25, -0.2) is 0 Å². The molecular formula is C14H20N2O3. The normalized spacial score (nSPS) is 20.2. The minimum atomic E-state index is -0.394. The standard InChI is InChI=1S/C14H20N2O3/c1-3-4-16-5-6-19-13(10-16)14(17)11-7-12(18-2)9-15-8-11/h7-9,13H,3-6,10H2,1-2H3. The number of ether oxygens (including phenoxy) is 2. The summed E-state index contributed by atoms with van der Waals surface area (Å²) < 4.78 is 10.7. The number of ketones is 1. The molecule has 2 heterocycles. The van der Waals surface area contributed by atoms with Crippen molar-refractivity contribution in [3.8, 4) is 5.75 Å². The van der Waals surface area contributed by atoms with Gasteiger partial charge in [0, 0.05) is 24.8 Å². The summed E-state index contributed by atoms with van der Waals surface area (Å²) in [6, 6.07) is 1.71. The van der Waals surface area contributed by atoms with Crippen LogP contribution < -0.4 is 4.74 Å². The number of pyridine rings is 1. The molecule has 104 valence electrons. The minimum absolute atomic E-state index is 0.0211. The summed E-state index contributed by atoms with van der Waals surface area (Å²) in [7, 11) is 1.56. The van der Waals surface area contributed by atoms with Crippen molar-refractivity contribution in [3.05, 3.63) is 24.0 Å². The van der Waals surface area contributed by atoms with Crippen molar-refractivity contribution >= 4 is 5.78 Å². The SMILES string of the molecule is CCCN1CCOC(C(=O)c2cncc(OC)c2)C1. The van der Waals surface area contributed by atoms with E-state index in [0.29, 0.717) is 24.5 Å². The molecule has 5 heteroatoms. The first-order valence-corrected chi connectivity index (χ1v) is 6.61. The van der Waals surface area contributed by atoms with E-state index in [-0.39, 0.29) is 5.78 Å². The van der Waals surface area contributed by atoms with Gasteiger partial charge in [0.1, 0.15) is 11.9 Å². The second kappa shape index (κ2) is 6.63. The van der Waals surface area contributed by atoms with Crippen LogP contribution in [0.3, 0.4) is 0 Å². The molecule has 0 spiro atoms. The fourth-order valence-electron chi connectivity index (χ4n) is 2.23. The van der Waals surface area contributed by atoms with Gasteiger partial charge < -0.3 is 9.47 Å². The molecule has 0 bridgehead atoms. The van der Waals surface area contributed by atoms with Gasteiger partial charge in [0.25, 0.3) is 0 Å². The van der Waals surface area contributed by atoms with E-state index in [1.165, 1.54) is 0 Å². The smallest absolute Gasteiger partial charge is 0.194 e. The highest BCUT2D eigenvalue weighted by Crippen LogP contribution is 2.15. The molecule has 1 aromatic rings. The van der Waals surface area contributed by atoms with Gasteiger partial charge in [0.2, 0.25) is 0 Å². The highest BCUT2D eigenvalue weighted by Gasteiger charge is 2.27. The first-order chi connectivity index (χ1) is 9.24. The zero-order valence-electron chi connectivity index (χ0n) is 11.5. The lowest BCUT2D eigenvalue weighted by molar-refractivity contribution is -0.0164. The van der Waals surface area contributed by atoms with Crippen molar-refractivity contribution in [1.82, 2.24) is 9.88 Å². The fourth-order valence-corrected chi connectivity index (χ4v) is 2.23. The van der Waals surface area contributed by atoms with Gasteiger partial charge >= 0.3 is 0 Å². The molecule has 0 saturated carbocycles. The maximum absolute atomic E-state index is 12.4. The zero-order valence-corrected chi connectivity index (χ0v) is 11.5. The molecule has 0 amide bonds. The summed E-state index contributed by atoms with van der Waals surface area (Å²) in [5, 5.41) is 0. The lowest BCUT2D eigenvalue weighted by Crippen LogP contribution is -2.46. The van der Waals surface area contributed by atoms with E-state index in [2.05, 4.69) is 16.8 Å². The predicted molar refractivity (Wildman–Crippen MR) is 71.6 cm³/mol. The molecule has 0 aromatic carbocycles. The van der Waals surface area contributed by atoms with Crippen LogP contribution in [0.5, 0.6) is 5.75 Å². The van der Waals surface area contributed by atoms with Crippen molar-refractivity contribution in [3.63, 3.8) is 0 Å². The quantitative estimate of drug-likeness (QED) is 0.752. The molecule has 1 saturated heterocycles. The Morgan fingerprint density at radius 1 is 1.58 bits per heavy atom. The van der Waals surface area contributed by atoms with Crippen LogP contribution in [0.15, 0.2) is 18.5 Å². The lowest BCUT2D eigenvalue weighted by Gasteiger charge is -2.31. The second-order valence-corrected chi connectivity index (χ2v) is 4.64. The van der Waals surface area contributed by atoms with Crippen molar-refractivity contribution in [2.45, 2.75) is 19.4 Å². The van der Waals surface area contributed by atoms with Crippen LogP contribution in [0.25, 0.3) is 0 Å². The Labute approximate surface area is 113 Å². The Balaban J connectivity index is 2.05. The Kier molecular flexibility index (Phi) is 4.87. The number of carbonyl (C=O) groups excluding carboxylic acids is 1. The molecule has 0 radical (unpaired) electrons. The number of rotatable bonds is 5. The topological polar surface area (TPSA) is 51.7 Å². The number of nitrogens with zero attached hydrogens (tertiary/aromatic N) is 2. The van der Waals surface area contributed by atoms with E-state index in [1.54, 1.807) is 25.6 Å². The molecule has 1 aliphatic rings. The molecule has 1 unspecified atom stereocenters. The van der Waals surface area contributed by atoms with Gasteiger partial charge in [0.05, 0.1) is 19.9 Å². The van der Waals surface area contributed by atoms with E-state index in [9.17, 15) is 4.79 Å². The van der Waals surface area contributed by atoms with Crippen molar-refractivity contribution in [2.24, 2.45) is 0 Å². The summed E-state index contributed by atoms with van der Waals surface area (Å²) in [5.74, 6) is 0.569. The van der Waals surface area contributed by atoms with Crippen LogP contribution in [-0.2, 0) is 4.74 Å². The number of aromatic nitrogens is 1. The molecule has 0 aliphatic carbocycles. The van der Waals surface area contributed by atoms with E-state index in [1.807, 2.05) is 0 Å². The van der Waals surface area contributed by atoms with Gasteiger partial charge in [-0.05, 0) is 19.0 Å². The molecule has 19 heavy (non-hydrogen) atoms. The summed E-state index contributed by atoms with van der Waals surface area (Å²) in [6.07, 6.45) is 3.84. The second-order valence-electron chi connectivity index (χ2n) is 4.64. The molecule has 1 aliphatic heterocycles. The van der Waals surface area contributed by atoms with Gasteiger partial charge in [-0.2, -0.15) is 0 Å². The van der Waals surface area contributed by atoms with E-state index in [4.69, 9.17) is 9.47 Å². The van der Waals surface area contributed by atoms with E-state index in [0.717, 1.165) is 19.5 Å². The highest BCUT2D eigenvalue weighted by molar-refractivity contribution is 5.99. The van der Waals surface area contributed by atoms with Crippen molar-refractivity contribution < 1.29 is 14.3 Å². The Morgan fingerprint density at radius 2 is 2.42 bits per heavy atom. The largest absolute Gasteiger partial charge is 0.495 e. The number of hydrogen-bond acceptors (Lipinski definition) is 5. The average Bonchev–Trinajstić information content (AvgIpc) is 2.47. The van der Waals surface area contributed by atoms with Gasteiger partial charge in [-0.15, -0.1) is 0 Å². The third-order valence-corrected chi connectivity index (χ3v) is 3.22. The van der Waals surface area contributed by atoms with E-state index >= 15 is 0 Å². The molecule has 1 atom stereocenters. The van der Waals surface area contributed by atoms with Crippen LogP contribution in [0.4, 0.5) is 0 Å². The first-order valence-electron chi connectivity index (χ1n) is 6.61. The van der Waals surface area contributed by atoms with Gasteiger partial charge in [-0.1, -0.05) is 6.92 Å². The third-order valence-electron chi connectivity index (χ3n) is 3.22. The summed E-state index contributed by atoms with van der Waals surface area (Å²) >= 11 is 0. The third kappa shape index (κ3) is 3.52. The highest BCUT2D eigenvalue weighted by atomic mass is 16.5. The Morgan fingerprint density at radius 3 is 3.16 bits per heavy atom. The van der Waals surface area contributed by atoms with Crippen LogP contribution in [0, 0.1) is 0 Å². The maximum atomic E-state index is 12.4. The monoisotopic (exact) mass is 264 g/mol. The zero-order chi connectivity index (χ0) is 13.7. The summed E-state index contributed by atoms with van der Waals surface area (Å²) in [4.78, 5) is 18.6. The fraction of sp³-hybridized carbons (Fsp3) is 0.571. The summed E-state index contributed by atoms with van der Waals surface area (Å²) in [6.45, 7) is 5.30. The van der Waals surface area contributed by atoms with Crippen LogP contribution in [-0.4, -0.2) is 55.1 Å². The number of carbonyl (C=O) groups is 1. The van der Waals surface area contributed by atoms with Gasteiger partial charge in [0.15, 0.2) is 5.78 Å². The van der Waals surface area contributed by atoms with Crippen LogP contribution >= 0.6 is 0 Å². The molecule has 1 fully saturated rings. The Bertz CT molecular complexity index is 434.